The summed E-state index contributed by atoms with van der Waals surface area (Å²) < 4.78 is 16.7. The van der Waals surface area contributed by atoms with Gasteiger partial charge in [0, 0.05) is 6.42 Å². The highest BCUT2D eigenvalue weighted by Gasteiger charge is 2.21. The van der Waals surface area contributed by atoms with Gasteiger partial charge in [-0.05, 0) is 20.8 Å². The molecule has 2 N–H and O–H groups in total. The number of nitrogens with two attached hydrogens (primary N) is 1. The maximum Gasteiger partial charge on any atom is 0.323 e. The summed E-state index contributed by atoms with van der Waals surface area (Å²) in [5, 5.41) is 0. The Labute approximate surface area is 72.1 Å². The van der Waals surface area contributed by atoms with Gasteiger partial charge in [-0.3, -0.25) is 9.18 Å². The van der Waals surface area contributed by atoms with Crippen LogP contribution in [0, 0.1) is 0 Å². The average molecular weight is 177 g/mol. The van der Waals surface area contributed by atoms with Crippen molar-refractivity contribution < 1.29 is 13.9 Å². The summed E-state index contributed by atoms with van der Waals surface area (Å²) in [7, 11) is 0. The number of rotatable bonds is 3. The van der Waals surface area contributed by atoms with Crippen molar-refractivity contribution >= 4 is 5.97 Å². The molecule has 0 bridgehead atoms. The molecule has 12 heavy (non-hydrogen) atoms. The first-order valence-corrected chi connectivity index (χ1v) is 3.91. The molecule has 0 rings (SSSR count). The Bertz CT molecular complexity index is 154. The molecule has 0 radical (unpaired) electrons. The van der Waals surface area contributed by atoms with E-state index in [1.165, 1.54) is 0 Å². The molecule has 0 amide bonds. The second-order valence-corrected chi connectivity index (χ2v) is 3.62. The predicted molar refractivity (Wildman–Crippen MR) is 44.4 cm³/mol. The minimum absolute atomic E-state index is 0.0227. The fourth-order valence-corrected chi connectivity index (χ4v) is 0.613. The van der Waals surface area contributed by atoms with Crippen molar-refractivity contribution in [2.24, 2.45) is 5.73 Å². The third-order valence-electron chi connectivity index (χ3n) is 1.13. The Morgan fingerprint density at radius 2 is 2.08 bits per heavy atom. The Morgan fingerprint density at radius 1 is 1.58 bits per heavy atom. The Hall–Kier alpha value is -0.640. The number of hydrogen-bond donors (Lipinski definition) is 1. The van der Waals surface area contributed by atoms with Crippen molar-refractivity contribution in [2.75, 3.05) is 6.67 Å². The number of carbonyl (C=O) groups is 1. The second-order valence-electron chi connectivity index (χ2n) is 3.62. The quantitative estimate of drug-likeness (QED) is 0.655. The van der Waals surface area contributed by atoms with Gasteiger partial charge in [0.1, 0.15) is 11.6 Å². The molecule has 0 saturated carbocycles. The average Bonchev–Trinajstić information content (AvgIpc) is 1.84. The van der Waals surface area contributed by atoms with E-state index < -0.39 is 24.3 Å². The summed E-state index contributed by atoms with van der Waals surface area (Å²) in [5.41, 5.74) is 4.77. The van der Waals surface area contributed by atoms with Crippen molar-refractivity contribution in [3.63, 3.8) is 0 Å². The van der Waals surface area contributed by atoms with E-state index in [1.54, 1.807) is 20.8 Å². The van der Waals surface area contributed by atoms with Crippen LogP contribution in [0.3, 0.4) is 0 Å². The molecule has 0 spiro atoms. The van der Waals surface area contributed by atoms with Gasteiger partial charge in [-0.1, -0.05) is 0 Å². The highest BCUT2D eigenvalue weighted by atomic mass is 19.1. The molecule has 0 aliphatic heterocycles. The van der Waals surface area contributed by atoms with Gasteiger partial charge < -0.3 is 10.5 Å². The normalized spacial score (nSPS) is 14.1. The van der Waals surface area contributed by atoms with Crippen LogP contribution in [0.4, 0.5) is 4.39 Å². The molecular weight excluding hydrogens is 161 g/mol. The summed E-state index contributed by atoms with van der Waals surface area (Å²) in [5.74, 6) is -0.542. The molecule has 4 heteroatoms. The van der Waals surface area contributed by atoms with Crippen molar-refractivity contribution in [1.29, 1.82) is 0 Å². The lowest BCUT2D eigenvalue weighted by atomic mass is 10.2. The number of carbonyl (C=O) groups excluding carboxylic acids is 1. The van der Waals surface area contributed by atoms with Crippen LogP contribution in [-0.4, -0.2) is 24.3 Å². The van der Waals surface area contributed by atoms with Crippen molar-refractivity contribution in [1.82, 2.24) is 0 Å². The molecule has 72 valence electrons. The summed E-state index contributed by atoms with van der Waals surface area (Å²) in [6.45, 7) is 4.63. The van der Waals surface area contributed by atoms with Crippen LogP contribution in [0.15, 0.2) is 0 Å². The number of alkyl halides is 1. The van der Waals surface area contributed by atoms with Crippen molar-refractivity contribution in [3.8, 4) is 0 Å². The molecule has 0 heterocycles. The first-order valence-electron chi connectivity index (χ1n) is 3.91. The number of esters is 1. The molecule has 3 nitrogen and oxygen atoms in total. The minimum Gasteiger partial charge on any atom is -0.459 e. The topological polar surface area (TPSA) is 52.3 Å². The predicted octanol–water partition coefficient (Wildman–Crippen LogP) is 1.01. The Kier molecular flexibility index (Phi) is 4.17. The van der Waals surface area contributed by atoms with Gasteiger partial charge in [-0.15, -0.1) is 0 Å². The van der Waals surface area contributed by atoms with Crippen LogP contribution in [-0.2, 0) is 9.53 Å². The molecule has 1 atom stereocenters. The van der Waals surface area contributed by atoms with Crippen molar-refractivity contribution in [2.45, 2.75) is 38.8 Å². The van der Waals surface area contributed by atoms with E-state index in [0.29, 0.717) is 0 Å². The second kappa shape index (κ2) is 4.40. The van der Waals surface area contributed by atoms with Gasteiger partial charge >= 0.3 is 5.97 Å². The highest BCUT2D eigenvalue weighted by Crippen LogP contribution is 2.08. The minimum atomic E-state index is -0.839. The molecule has 0 unspecified atom stereocenters. The maximum absolute atomic E-state index is 11.7. The van der Waals surface area contributed by atoms with Gasteiger partial charge in [0.15, 0.2) is 0 Å². The molecule has 0 aromatic carbocycles. The molecule has 0 aliphatic carbocycles. The summed E-state index contributed by atoms with van der Waals surface area (Å²) >= 11 is 0. The maximum atomic E-state index is 11.7. The molecule has 0 aromatic heterocycles. The van der Waals surface area contributed by atoms with E-state index in [2.05, 4.69) is 0 Å². The molecular formula is C8H16FNO2. The van der Waals surface area contributed by atoms with E-state index in [1.807, 2.05) is 0 Å². The molecule has 0 aromatic rings. The van der Waals surface area contributed by atoms with E-state index in [0.717, 1.165) is 0 Å². The van der Waals surface area contributed by atoms with Gasteiger partial charge in [0.05, 0.1) is 6.67 Å². The fraction of sp³-hybridized carbons (Fsp3) is 0.875. The lowest BCUT2D eigenvalue weighted by Crippen LogP contribution is -2.37. The fourth-order valence-electron chi connectivity index (χ4n) is 0.613. The molecule has 0 aliphatic rings. The standard InChI is InChI=1S/C8H16FNO2/c1-8(2,3)12-7(11)6(10)4-5-9/h6H,4-5,10H2,1-3H3/t6-/m0/s1. The monoisotopic (exact) mass is 177 g/mol. The van der Waals surface area contributed by atoms with Gasteiger partial charge in [0.25, 0.3) is 0 Å². The van der Waals surface area contributed by atoms with Crippen LogP contribution >= 0.6 is 0 Å². The largest absolute Gasteiger partial charge is 0.459 e. The Morgan fingerprint density at radius 3 is 2.42 bits per heavy atom. The van der Waals surface area contributed by atoms with Crippen LogP contribution in [0.2, 0.25) is 0 Å². The summed E-state index contributed by atoms with van der Waals surface area (Å²) in [6, 6.07) is -0.839. The van der Waals surface area contributed by atoms with Gasteiger partial charge in [-0.2, -0.15) is 0 Å². The number of hydrogen-bond acceptors (Lipinski definition) is 3. The van der Waals surface area contributed by atoms with Gasteiger partial charge in [0.2, 0.25) is 0 Å². The molecule has 0 saturated heterocycles. The molecule has 0 fully saturated rings. The zero-order valence-corrected chi connectivity index (χ0v) is 7.76. The third-order valence-corrected chi connectivity index (χ3v) is 1.13. The number of halogens is 1. The lowest BCUT2D eigenvalue weighted by Gasteiger charge is -2.21. The van der Waals surface area contributed by atoms with E-state index in [-0.39, 0.29) is 6.42 Å². The van der Waals surface area contributed by atoms with Crippen LogP contribution in [0.1, 0.15) is 27.2 Å². The highest BCUT2D eigenvalue weighted by molar-refractivity contribution is 5.75. The zero-order valence-electron chi connectivity index (χ0n) is 7.76. The van der Waals surface area contributed by atoms with Crippen molar-refractivity contribution in [3.05, 3.63) is 0 Å². The van der Waals surface area contributed by atoms with Crippen LogP contribution in [0.5, 0.6) is 0 Å². The van der Waals surface area contributed by atoms with Crippen LogP contribution in [0.25, 0.3) is 0 Å². The lowest BCUT2D eigenvalue weighted by molar-refractivity contribution is -0.156. The smallest absolute Gasteiger partial charge is 0.323 e. The summed E-state index contributed by atoms with van der Waals surface area (Å²) in [6.07, 6.45) is 0.0227. The summed E-state index contributed by atoms with van der Waals surface area (Å²) in [4.78, 5) is 11.0. The van der Waals surface area contributed by atoms with Gasteiger partial charge in [-0.25, -0.2) is 0 Å². The third kappa shape index (κ3) is 5.07. The first kappa shape index (κ1) is 11.4. The van der Waals surface area contributed by atoms with E-state index in [9.17, 15) is 9.18 Å². The number of ether oxygens (including phenoxy) is 1. The van der Waals surface area contributed by atoms with E-state index >= 15 is 0 Å². The first-order chi connectivity index (χ1) is 5.37. The van der Waals surface area contributed by atoms with Crippen LogP contribution < -0.4 is 5.73 Å². The zero-order chi connectivity index (χ0) is 9.78. The van der Waals surface area contributed by atoms with E-state index in [4.69, 9.17) is 10.5 Å². The SMILES string of the molecule is CC(C)(C)OC(=O)[C@@H](N)CCF. The Balaban J connectivity index is 3.87.